The third kappa shape index (κ3) is 1.59. The molecule has 0 fully saturated rings. The summed E-state index contributed by atoms with van der Waals surface area (Å²) in [6.45, 7) is -2.88. The number of rotatable bonds is 2. The van der Waals surface area contributed by atoms with Crippen LogP contribution in [0.15, 0.2) is 27.4 Å². The quantitative estimate of drug-likeness (QED) is 0.804. The molecule has 2 aromatic rings. The van der Waals surface area contributed by atoms with E-state index in [0.29, 0.717) is 11.1 Å². The number of oxazole rings is 1. The average molecular weight is 201 g/mol. The van der Waals surface area contributed by atoms with Gasteiger partial charge in [-0.3, -0.25) is 4.98 Å². The zero-order valence-electron chi connectivity index (χ0n) is 6.79. The lowest BCUT2D eigenvalue weighted by Gasteiger charge is -2.02. The molecule has 0 aliphatic heterocycles. The van der Waals surface area contributed by atoms with Gasteiger partial charge in [-0.15, -0.1) is 0 Å². The number of halogens is 2. The van der Waals surface area contributed by atoms with Crippen LogP contribution < -0.4 is 10.5 Å². The molecule has 0 unspecified atom stereocenters. The number of aromatic nitrogens is 1. The molecule has 0 aliphatic carbocycles. The van der Waals surface area contributed by atoms with Crippen molar-refractivity contribution in [3.63, 3.8) is 0 Å². The number of fused-ring (bicyclic) bond motifs is 1. The van der Waals surface area contributed by atoms with Gasteiger partial charge in [-0.2, -0.15) is 8.78 Å². The third-order valence-corrected chi connectivity index (χ3v) is 1.62. The molecular weight excluding hydrogens is 196 g/mol. The molecule has 4 nitrogen and oxygen atoms in total. The van der Waals surface area contributed by atoms with Crippen LogP contribution in [0.3, 0.4) is 0 Å². The summed E-state index contributed by atoms with van der Waals surface area (Å²) >= 11 is 0. The number of H-pyrrole nitrogens is 1. The summed E-state index contributed by atoms with van der Waals surface area (Å²) < 4.78 is 32.4. The summed E-state index contributed by atoms with van der Waals surface area (Å²) in [6.07, 6.45) is 0. The van der Waals surface area contributed by atoms with Gasteiger partial charge in [0.15, 0.2) is 5.58 Å². The molecule has 0 radical (unpaired) electrons. The van der Waals surface area contributed by atoms with Crippen LogP contribution in [-0.2, 0) is 0 Å². The van der Waals surface area contributed by atoms with Crippen molar-refractivity contribution < 1.29 is 17.9 Å². The largest absolute Gasteiger partial charge is 0.435 e. The maximum Gasteiger partial charge on any atom is 0.417 e. The van der Waals surface area contributed by atoms with Gasteiger partial charge < -0.3 is 9.15 Å². The summed E-state index contributed by atoms with van der Waals surface area (Å²) in [5, 5.41) is 0. The highest BCUT2D eigenvalue weighted by Gasteiger charge is 2.06. The molecule has 74 valence electrons. The van der Waals surface area contributed by atoms with Crippen molar-refractivity contribution in [3.8, 4) is 5.75 Å². The lowest BCUT2D eigenvalue weighted by Crippen LogP contribution is -2.01. The summed E-state index contributed by atoms with van der Waals surface area (Å²) in [5.41, 5.74) is 0.629. The van der Waals surface area contributed by atoms with Crippen molar-refractivity contribution in [1.82, 2.24) is 4.98 Å². The second kappa shape index (κ2) is 3.13. The molecule has 1 heterocycles. The van der Waals surface area contributed by atoms with E-state index in [1.54, 1.807) is 0 Å². The Labute approximate surface area is 76.1 Å². The zero-order valence-corrected chi connectivity index (χ0v) is 6.79. The number of benzene rings is 1. The monoisotopic (exact) mass is 201 g/mol. The minimum atomic E-state index is -2.88. The van der Waals surface area contributed by atoms with Crippen molar-refractivity contribution in [2.75, 3.05) is 0 Å². The Hall–Kier alpha value is -1.85. The fourth-order valence-electron chi connectivity index (χ4n) is 1.11. The normalized spacial score (nSPS) is 11.1. The van der Waals surface area contributed by atoms with Gasteiger partial charge in [-0.05, 0) is 12.1 Å². The molecule has 1 aromatic carbocycles. The minimum Gasteiger partial charge on any atom is -0.435 e. The van der Waals surface area contributed by atoms with E-state index >= 15 is 0 Å². The Kier molecular flexibility index (Phi) is 1.95. The van der Waals surface area contributed by atoms with Crippen LogP contribution in [-0.4, -0.2) is 11.6 Å². The van der Waals surface area contributed by atoms with Gasteiger partial charge in [-0.1, -0.05) is 0 Å². The van der Waals surface area contributed by atoms with Gasteiger partial charge in [-0.25, -0.2) is 4.79 Å². The second-order valence-electron chi connectivity index (χ2n) is 2.55. The van der Waals surface area contributed by atoms with Crippen LogP contribution >= 0.6 is 0 Å². The second-order valence-corrected chi connectivity index (χ2v) is 2.55. The number of nitrogens with one attached hydrogen (secondary N) is 1. The van der Waals surface area contributed by atoms with Gasteiger partial charge in [0.25, 0.3) is 0 Å². The molecule has 2 rings (SSSR count). The van der Waals surface area contributed by atoms with E-state index in [1.165, 1.54) is 18.2 Å². The molecule has 1 aromatic heterocycles. The summed E-state index contributed by atoms with van der Waals surface area (Å²) in [5.74, 6) is -0.654. The number of hydrogen-bond acceptors (Lipinski definition) is 3. The van der Waals surface area contributed by atoms with Gasteiger partial charge in [0.05, 0.1) is 5.52 Å². The SMILES string of the molecule is O=c1[nH]c2cc(OC(F)F)ccc2o1. The Morgan fingerprint density at radius 2 is 2.21 bits per heavy atom. The molecule has 0 aliphatic rings. The number of alkyl halides is 2. The summed E-state index contributed by atoms with van der Waals surface area (Å²) in [7, 11) is 0. The average Bonchev–Trinajstić information content (AvgIpc) is 2.42. The van der Waals surface area contributed by atoms with Crippen LogP contribution in [0.5, 0.6) is 5.75 Å². The Morgan fingerprint density at radius 1 is 1.43 bits per heavy atom. The molecule has 0 saturated carbocycles. The first-order chi connectivity index (χ1) is 6.65. The Bertz CT molecular complexity index is 503. The molecule has 0 bridgehead atoms. The number of ether oxygens (including phenoxy) is 1. The van der Waals surface area contributed by atoms with Crippen molar-refractivity contribution in [2.45, 2.75) is 6.61 Å². The van der Waals surface area contributed by atoms with Gasteiger partial charge in [0.1, 0.15) is 5.75 Å². The highest BCUT2D eigenvalue weighted by atomic mass is 19.3. The minimum absolute atomic E-state index is 0.0236. The van der Waals surface area contributed by atoms with Crippen LogP contribution in [0.25, 0.3) is 11.1 Å². The van der Waals surface area contributed by atoms with E-state index in [1.807, 2.05) is 0 Å². The number of hydrogen-bond donors (Lipinski definition) is 1. The molecule has 0 amide bonds. The van der Waals surface area contributed by atoms with E-state index < -0.39 is 12.4 Å². The van der Waals surface area contributed by atoms with Crippen LogP contribution in [0.1, 0.15) is 0 Å². The fraction of sp³-hybridized carbons (Fsp3) is 0.125. The first kappa shape index (κ1) is 8.74. The van der Waals surface area contributed by atoms with E-state index in [2.05, 4.69) is 14.1 Å². The molecule has 0 saturated heterocycles. The highest BCUT2D eigenvalue weighted by molar-refractivity contribution is 5.73. The van der Waals surface area contributed by atoms with Crippen molar-refractivity contribution in [1.29, 1.82) is 0 Å². The highest BCUT2D eigenvalue weighted by Crippen LogP contribution is 2.19. The fourth-order valence-corrected chi connectivity index (χ4v) is 1.11. The standard InChI is InChI=1S/C8H5F2NO3/c9-7(10)13-4-1-2-6-5(3-4)11-8(12)14-6/h1-3,7H,(H,11,12). The maximum atomic E-state index is 11.8. The van der Waals surface area contributed by atoms with Crippen molar-refractivity contribution in [2.24, 2.45) is 0 Å². The predicted octanol–water partition coefficient (Wildman–Crippen LogP) is 1.72. The molecule has 14 heavy (non-hydrogen) atoms. The van der Waals surface area contributed by atoms with Crippen LogP contribution in [0.4, 0.5) is 8.78 Å². The first-order valence-corrected chi connectivity index (χ1v) is 3.73. The summed E-state index contributed by atoms with van der Waals surface area (Å²) in [6, 6.07) is 3.95. The first-order valence-electron chi connectivity index (χ1n) is 3.73. The predicted molar refractivity (Wildman–Crippen MR) is 43.5 cm³/mol. The molecule has 0 atom stereocenters. The topological polar surface area (TPSA) is 55.2 Å². The van der Waals surface area contributed by atoms with Crippen molar-refractivity contribution in [3.05, 3.63) is 28.7 Å². The molecular formula is C8H5F2NO3. The van der Waals surface area contributed by atoms with Crippen molar-refractivity contribution >= 4 is 11.1 Å². The molecule has 0 spiro atoms. The lowest BCUT2D eigenvalue weighted by molar-refractivity contribution is -0.0497. The summed E-state index contributed by atoms with van der Waals surface area (Å²) in [4.78, 5) is 13.0. The zero-order chi connectivity index (χ0) is 10.1. The van der Waals surface area contributed by atoms with Gasteiger partial charge in [0.2, 0.25) is 0 Å². The lowest BCUT2D eigenvalue weighted by atomic mass is 10.3. The molecule has 6 heteroatoms. The third-order valence-electron chi connectivity index (χ3n) is 1.62. The van der Waals surface area contributed by atoms with E-state index in [9.17, 15) is 13.6 Å². The maximum absolute atomic E-state index is 11.8. The Balaban J connectivity index is 2.45. The van der Waals surface area contributed by atoms with E-state index in [-0.39, 0.29) is 5.75 Å². The van der Waals surface area contributed by atoms with E-state index in [0.717, 1.165) is 0 Å². The number of aromatic amines is 1. The van der Waals surface area contributed by atoms with E-state index in [4.69, 9.17) is 0 Å². The Morgan fingerprint density at radius 3 is 2.93 bits per heavy atom. The molecule has 1 N–H and O–H groups in total. The van der Waals surface area contributed by atoms with Gasteiger partial charge >= 0.3 is 12.4 Å². The van der Waals surface area contributed by atoms with Gasteiger partial charge in [0, 0.05) is 6.07 Å². The van der Waals surface area contributed by atoms with Crippen LogP contribution in [0, 0.1) is 0 Å². The smallest absolute Gasteiger partial charge is 0.417 e. The van der Waals surface area contributed by atoms with Crippen LogP contribution in [0.2, 0.25) is 0 Å².